The van der Waals surface area contributed by atoms with E-state index < -0.39 is 51.5 Å². The fraction of sp³-hybridized carbons (Fsp3) is 0.429. The molecule has 3 heterocycles. The maximum atomic E-state index is 12.9. The lowest BCUT2D eigenvalue weighted by molar-refractivity contribution is -0.161. The number of carbonyl (C=O) groups excluding carboxylic acids is 2. The van der Waals surface area contributed by atoms with Crippen LogP contribution in [0.15, 0.2) is 17.8 Å². The van der Waals surface area contributed by atoms with E-state index >= 15 is 0 Å². The molecule has 2 aromatic rings. The maximum Gasteiger partial charge on any atom is 0.362 e. The van der Waals surface area contributed by atoms with Crippen LogP contribution in [-0.2, 0) is 36.1 Å². The van der Waals surface area contributed by atoms with E-state index in [0.717, 1.165) is 6.33 Å². The van der Waals surface area contributed by atoms with Crippen LogP contribution in [0.2, 0.25) is 0 Å². The van der Waals surface area contributed by atoms with Crippen LogP contribution in [0.5, 0.6) is 0 Å². The Hall–Kier alpha value is -3.71. The molecule has 0 spiro atoms. The predicted molar refractivity (Wildman–Crippen MR) is 108 cm³/mol. The van der Waals surface area contributed by atoms with Gasteiger partial charge in [-0.1, -0.05) is 5.16 Å². The molecule has 17 nitrogen and oxygen atoms in total. The monoisotopic (exact) mass is 503 g/mol. The largest absolute Gasteiger partial charge is 0.478 e. The molecule has 2 amide bonds. The third kappa shape index (κ3) is 5.04. The maximum absolute atomic E-state index is 12.9. The van der Waals surface area contributed by atoms with Gasteiger partial charge in [-0.05, 0) is 13.8 Å². The molecular formula is C14H17N9O8S2. The van der Waals surface area contributed by atoms with E-state index in [-0.39, 0.29) is 21.8 Å². The van der Waals surface area contributed by atoms with Crippen molar-refractivity contribution in [3.8, 4) is 0 Å². The molecule has 0 bridgehead atoms. The van der Waals surface area contributed by atoms with Gasteiger partial charge >= 0.3 is 16.3 Å². The molecular weight excluding hydrogens is 486 g/mol. The summed E-state index contributed by atoms with van der Waals surface area (Å²) in [6, 6.07) is -2.69. The van der Waals surface area contributed by atoms with Gasteiger partial charge in [-0.2, -0.15) is 22.9 Å². The summed E-state index contributed by atoms with van der Waals surface area (Å²) < 4.78 is 37.7. The van der Waals surface area contributed by atoms with Gasteiger partial charge in [0.1, 0.15) is 18.7 Å². The molecule has 0 aromatic carbocycles. The molecule has 33 heavy (non-hydrogen) atoms. The first-order valence-electron chi connectivity index (χ1n) is 8.84. The number of rotatable bonds is 9. The Morgan fingerprint density at radius 3 is 2.64 bits per heavy atom. The second-order valence-corrected chi connectivity index (χ2v) is 9.12. The fourth-order valence-electron chi connectivity index (χ4n) is 2.58. The van der Waals surface area contributed by atoms with E-state index in [1.54, 1.807) is 0 Å². The van der Waals surface area contributed by atoms with E-state index in [2.05, 4.69) is 29.9 Å². The van der Waals surface area contributed by atoms with E-state index in [9.17, 15) is 27.4 Å². The number of nitrogens with zero attached hydrogens (tertiary/aromatic N) is 7. The molecule has 5 N–H and O–H groups in total. The quantitative estimate of drug-likeness (QED) is 0.120. The van der Waals surface area contributed by atoms with E-state index in [0.29, 0.717) is 11.5 Å². The van der Waals surface area contributed by atoms with E-state index in [1.165, 1.54) is 24.9 Å². The molecule has 2 aromatic heterocycles. The Bertz CT molecular complexity index is 1210. The summed E-state index contributed by atoms with van der Waals surface area (Å²) >= 11 is 0.714. The second kappa shape index (κ2) is 8.67. The standard InChI is InChI=1S/C14H17N9O8S2/c1-14(2,12(26)27)31-20-8(9-19-13(15)32-21-9)10(24)18-7-6(3-22-5-16-4-17-22)23(11(7)25)33(28,29)30/h4-7H,3H2,1-2H3,(H,18,24)(H,26,27)(H2,15,19,21)(H,28,29,30)/t6-,7-/m0/s1. The Morgan fingerprint density at radius 2 is 2.12 bits per heavy atom. The normalized spacial score (nSPS) is 19.2. The minimum absolute atomic E-state index is 0.0377. The van der Waals surface area contributed by atoms with Gasteiger partial charge in [-0.3, -0.25) is 18.8 Å². The van der Waals surface area contributed by atoms with Crippen molar-refractivity contribution in [2.45, 2.75) is 38.1 Å². The van der Waals surface area contributed by atoms with Crippen molar-refractivity contribution in [1.29, 1.82) is 0 Å². The summed E-state index contributed by atoms with van der Waals surface area (Å²) in [6.07, 6.45) is 2.40. The lowest BCUT2D eigenvalue weighted by Gasteiger charge is -2.43. The van der Waals surface area contributed by atoms with Gasteiger partial charge in [0, 0.05) is 11.5 Å². The van der Waals surface area contributed by atoms with Crippen LogP contribution < -0.4 is 11.1 Å². The number of nitrogens with two attached hydrogens (primary N) is 1. The van der Waals surface area contributed by atoms with Gasteiger partial charge < -0.3 is 21.0 Å². The predicted octanol–water partition coefficient (Wildman–Crippen LogP) is -2.51. The highest BCUT2D eigenvalue weighted by Crippen LogP contribution is 2.25. The SMILES string of the molecule is CC(C)(ON=C(C(=O)N[C@@H]1C(=O)N(S(=O)(=O)O)[C@H]1Cn1cncn1)c1nsc(N)n1)C(=O)O. The van der Waals surface area contributed by atoms with Crippen molar-refractivity contribution in [3.63, 3.8) is 0 Å². The highest BCUT2D eigenvalue weighted by Gasteiger charge is 2.54. The number of aliphatic carboxylic acids is 1. The van der Waals surface area contributed by atoms with Gasteiger partial charge in [0.25, 0.3) is 11.8 Å². The smallest absolute Gasteiger partial charge is 0.362 e. The van der Waals surface area contributed by atoms with Crippen molar-refractivity contribution in [2.24, 2.45) is 5.16 Å². The van der Waals surface area contributed by atoms with Gasteiger partial charge in [0.2, 0.25) is 17.1 Å². The molecule has 1 aliphatic rings. The zero-order valence-electron chi connectivity index (χ0n) is 16.9. The number of oxime groups is 1. The third-order valence-electron chi connectivity index (χ3n) is 4.29. The van der Waals surface area contributed by atoms with Crippen molar-refractivity contribution in [2.75, 3.05) is 5.73 Å². The zero-order valence-corrected chi connectivity index (χ0v) is 18.5. The first-order valence-corrected chi connectivity index (χ1v) is 11.0. The molecule has 3 rings (SSSR count). The lowest BCUT2D eigenvalue weighted by atomic mass is 9.98. The topological polar surface area (TPSA) is 245 Å². The molecule has 0 radical (unpaired) electrons. The van der Waals surface area contributed by atoms with Crippen molar-refractivity contribution >= 4 is 50.5 Å². The minimum Gasteiger partial charge on any atom is -0.478 e. The molecule has 2 atom stereocenters. The highest BCUT2D eigenvalue weighted by molar-refractivity contribution is 7.84. The molecule has 0 unspecified atom stereocenters. The summed E-state index contributed by atoms with van der Waals surface area (Å²) in [6.45, 7) is 2.10. The van der Waals surface area contributed by atoms with Crippen LogP contribution in [0, 0.1) is 0 Å². The van der Waals surface area contributed by atoms with Crippen LogP contribution in [0.3, 0.4) is 0 Å². The number of carboxylic acid groups (broad SMARTS) is 1. The molecule has 0 saturated carbocycles. The first kappa shape index (κ1) is 23.9. The van der Waals surface area contributed by atoms with Crippen LogP contribution in [-0.4, -0.2) is 87.7 Å². The van der Waals surface area contributed by atoms with Gasteiger partial charge in [0.05, 0.1) is 12.6 Å². The average molecular weight is 503 g/mol. The summed E-state index contributed by atoms with van der Waals surface area (Å²) in [5.74, 6) is -3.93. The Balaban J connectivity index is 1.88. The van der Waals surface area contributed by atoms with E-state index in [4.69, 9.17) is 15.7 Å². The number of amides is 2. The first-order chi connectivity index (χ1) is 15.3. The number of hydrogen-bond acceptors (Lipinski definition) is 13. The van der Waals surface area contributed by atoms with Gasteiger partial charge in [0.15, 0.2) is 5.13 Å². The fourth-order valence-corrected chi connectivity index (χ4v) is 3.89. The van der Waals surface area contributed by atoms with Crippen molar-refractivity contribution in [3.05, 3.63) is 18.5 Å². The lowest BCUT2D eigenvalue weighted by Crippen LogP contribution is -2.73. The second-order valence-electron chi connectivity index (χ2n) is 7.05. The summed E-state index contributed by atoms with van der Waals surface area (Å²) in [7, 11) is -4.93. The number of aromatic nitrogens is 5. The number of hydrogen-bond donors (Lipinski definition) is 4. The highest BCUT2D eigenvalue weighted by atomic mass is 32.2. The molecule has 1 fully saturated rings. The molecule has 0 aliphatic carbocycles. The molecule has 178 valence electrons. The molecule has 1 aliphatic heterocycles. The van der Waals surface area contributed by atoms with Crippen LogP contribution >= 0.6 is 11.5 Å². The summed E-state index contributed by atoms with van der Waals surface area (Å²) in [5, 5.41) is 18.7. The Kier molecular flexibility index (Phi) is 6.29. The number of carboxylic acids is 1. The zero-order chi connectivity index (χ0) is 24.6. The van der Waals surface area contributed by atoms with Crippen molar-refractivity contribution < 1.29 is 37.3 Å². The molecule has 1 saturated heterocycles. The number of carbonyl (C=O) groups is 3. The Labute approximate surface area is 189 Å². The number of nitrogen functional groups attached to an aromatic ring is 1. The third-order valence-corrected chi connectivity index (χ3v) is 5.78. The minimum atomic E-state index is -4.93. The average Bonchev–Trinajstić information content (AvgIpc) is 3.36. The van der Waals surface area contributed by atoms with E-state index in [1.807, 2.05) is 0 Å². The van der Waals surface area contributed by atoms with Gasteiger partial charge in [-0.15, -0.1) is 0 Å². The number of β-lactam (4-membered cyclic amide) rings is 1. The number of nitrogens with one attached hydrogen (secondary N) is 1. The summed E-state index contributed by atoms with van der Waals surface area (Å²) in [4.78, 5) is 49.0. The Morgan fingerprint density at radius 1 is 1.42 bits per heavy atom. The van der Waals surface area contributed by atoms with Crippen LogP contribution in [0.1, 0.15) is 19.7 Å². The summed E-state index contributed by atoms with van der Waals surface area (Å²) in [5.41, 5.74) is 3.07. The van der Waals surface area contributed by atoms with Crippen LogP contribution in [0.4, 0.5) is 5.13 Å². The van der Waals surface area contributed by atoms with Gasteiger partial charge in [-0.25, -0.2) is 14.1 Å². The van der Waals surface area contributed by atoms with Crippen LogP contribution in [0.25, 0.3) is 0 Å². The number of anilines is 1. The van der Waals surface area contributed by atoms with Crippen molar-refractivity contribution in [1.82, 2.24) is 33.7 Å². The molecule has 19 heteroatoms.